The van der Waals surface area contributed by atoms with Crippen molar-refractivity contribution >= 4 is 23.4 Å². The predicted octanol–water partition coefficient (Wildman–Crippen LogP) is 3.77. The summed E-state index contributed by atoms with van der Waals surface area (Å²) >= 11 is 0. The molecule has 3 amide bonds. The lowest BCUT2D eigenvalue weighted by molar-refractivity contribution is -0.142. The zero-order valence-electron chi connectivity index (χ0n) is 24.0. The Morgan fingerprint density at radius 2 is 1.79 bits per heavy atom. The van der Waals surface area contributed by atoms with Crippen LogP contribution in [0.15, 0.2) is 18.2 Å². The number of halogens is 1. The van der Waals surface area contributed by atoms with E-state index in [1.807, 2.05) is 20.9 Å². The Hall–Kier alpha value is -2.52. The smallest absolute Gasteiger partial charge is 0.249 e. The molecule has 3 fully saturated rings. The summed E-state index contributed by atoms with van der Waals surface area (Å²) in [6, 6.07) is 3.97. The number of carbonyl (C=O) groups is 3. The lowest BCUT2D eigenvalue weighted by Crippen LogP contribution is -2.58. The van der Waals surface area contributed by atoms with Gasteiger partial charge in [-0.2, -0.15) is 0 Å². The number of carbonyl (C=O) groups excluding carboxylic acids is 3. The highest BCUT2D eigenvalue weighted by Crippen LogP contribution is 2.50. The third-order valence-corrected chi connectivity index (χ3v) is 8.95. The van der Waals surface area contributed by atoms with Gasteiger partial charge in [-0.1, -0.05) is 19.9 Å². The van der Waals surface area contributed by atoms with E-state index in [2.05, 4.69) is 22.5 Å². The molecule has 9 heteroatoms. The van der Waals surface area contributed by atoms with Gasteiger partial charge < -0.3 is 25.2 Å². The van der Waals surface area contributed by atoms with Crippen molar-refractivity contribution in [3.05, 3.63) is 29.6 Å². The molecule has 0 spiro atoms. The van der Waals surface area contributed by atoms with E-state index < -0.39 is 23.9 Å². The van der Waals surface area contributed by atoms with Crippen molar-refractivity contribution in [2.24, 2.45) is 17.8 Å². The molecular formula is C30H45FN4O4. The molecule has 4 unspecified atom stereocenters. The number of methoxy groups -OCH3 is 1. The molecule has 216 valence electrons. The fourth-order valence-electron chi connectivity index (χ4n) is 5.84. The number of rotatable bonds is 12. The topological polar surface area (TPSA) is 91.0 Å². The van der Waals surface area contributed by atoms with Crippen LogP contribution in [0.5, 0.6) is 0 Å². The summed E-state index contributed by atoms with van der Waals surface area (Å²) in [5.74, 6) is -0.0321. The van der Waals surface area contributed by atoms with E-state index >= 15 is 4.39 Å². The van der Waals surface area contributed by atoms with E-state index in [0.29, 0.717) is 49.2 Å². The highest BCUT2D eigenvalue weighted by atomic mass is 19.1. The molecule has 4 atom stereocenters. The van der Waals surface area contributed by atoms with Crippen LogP contribution in [-0.2, 0) is 19.1 Å². The van der Waals surface area contributed by atoms with Gasteiger partial charge in [0.05, 0.1) is 5.69 Å². The van der Waals surface area contributed by atoms with Crippen molar-refractivity contribution in [3.8, 4) is 0 Å². The summed E-state index contributed by atoms with van der Waals surface area (Å²) in [6.07, 6.45) is 5.02. The van der Waals surface area contributed by atoms with Crippen molar-refractivity contribution in [2.45, 2.75) is 83.4 Å². The Bertz CT molecular complexity index is 1030. The second-order valence-corrected chi connectivity index (χ2v) is 11.9. The molecule has 0 bridgehead atoms. The van der Waals surface area contributed by atoms with Gasteiger partial charge in [0.15, 0.2) is 0 Å². The molecule has 2 N–H and O–H groups in total. The number of anilines is 1. The Labute approximate surface area is 232 Å². The largest absolute Gasteiger partial charge is 0.372 e. The molecule has 1 saturated heterocycles. The van der Waals surface area contributed by atoms with Gasteiger partial charge in [0.1, 0.15) is 18.0 Å². The Morgan fingerprint density at radius 1 is 1.13 bits per heavy atom. The first-order valence-electron chi connectivity index (χ1n) is 14.5. The monoisotopic (exact) mass is 544 g/mol. The Balaban J connectivity index is 1.48. The van der Waals surface area contributed by atoms with E-state index in [9.17, 15) is 14.4 Å². The summed E-state index contributed by atoms with van der Waals surface area (Å²) in [7, 11) is 3.50. The summed E-state index contributed by atoms with van der Waals surface area (Å²) in [6.45, 7) is 7.58. The number of ether oxygens (including phenoxy) is 1. The lowest BCUT2D eigenvalue weighted by Gasteiger charge is -2.40. The standard InChI is InChI=1S/C30H45FN4O4/c1-6-26(39-5)29(37)33-28(30(38)35-14-13-34(4)18(2)17-35)19(3)22-11-12-25(24(31)15-22)32-27(36)16-23(20-7-8-20)21-9-10-21/h11-12,15,18-21,23,26,28H,6-10,13-14,16-17H2,1-5H3,(H,32,36)(H,33,37). The number of nitrogens with zero attached hydrogens (tertiary/aromatic N) is 2. The summed E-state index contributed by atoms with van der Waals surface area (Å²) in [5, 5.41) is 5.67. The molecule has 1 heterocycles. The summed E-state index contributed by atoms with van der Waals surface area (Å²) in [4.78, 5) is 43.4. The highest BCUT2D eigenvalue weighted by molar-refractivity contribution is 5.91. The molecule has 8 nitrogen and oxygen atoms in total. The lowest BCUT2D eigenvalue weighted by atomic mass is 9.91. The zero-order valence-corrected chi connectivity index (χ0v) is 24.0. The van der Waals surface area contributed by atoms with Crippen molar-refractivity contribution in [2.75, 3.05) is 39.1 Å². The SMILES string of the molecule is CCC(OC)C(=O)NC(C(=O)N1CCN(C)C(C)C1)C(C)c1ccc(NC(=O)CC(C2CC2)C2CC2)c(F)c1. The second-order valence-electron chi connectivity index (χ2n) is 11.9. The summed E-state index contributed by atoms with van der Waals surface area (Å²) < 4.78 is 20.5. The van der Waals surface area contributed by atoms with Crippen LogP contribution in [0.3, 0.4) is 0 Å². The van der Waals surface area contributed by atoms with E-state index in [0.717, 1.165) is 6.54 Å². The predicted molar refractivity (Wildman–Crippen MR) is 149 cm³/mol. The molecular weight excluding hydrogens is 499 g/mol. The first-order chi connectivity index (χ1) is 18.6. The van der Waals surface area contributed by atoms with Crippen LogP contribution in [0.4, 0.5) is 10.1 Å². The Kier molecular flexibility index (Phi) is 9.64. The average Bonchev–Trinajstić information content (AvgIpc) is 3.83. The van der Waals surface area contributed by atoms with Gasteiger partial charge in [-0.25, -0.2) is 4.39 Å². The molecule has 0 aromatic heterocycles. The maximum Gasteiger partial charge on any atom is 0.249 e. The third kappa shape index (κ3) is 7.37. The van der Waals surface area contributed by atoms with Gasteiger partial charge in [0, 0.05) is 45.1 Å². The van der Waals surface area contributed by atoms with Gasteiger partial charge in [-0.3, -0.25) is 14.4 Å². The number of benzene rings is 1. The average molecular weight is 545 g/mol. The molecule has 1 aromatic carbocycles. The van der Waals surface area contributed by atoms with Crippen LogP contribution >= 0.6 is 0 Å². The van der Waals surface area contributed by atoms with Crippen LogP contribution < -0.4 is 10.6 Å². The van der Waals surface area contributed by atoms with E-state index in [1.165, 1.54) is 38.9 Å². The summed E-state index contributed by atoms with van der Waals surface area (Å²) in [5.41, 5.74) is 0.720. The second kappa shape index (κ2) is 12.8. The number of piperazine rings is 1. The van der Waals surface area contributed by atoms with E-state index in [4.69, 9.17) is 4.74 Å². The molecule has 3 aliphatic rings. The number of hydrogen-bond donors (Lipinski definition) is 2. The van der Waals surface area contributed by atoms with Crippen LogP contribution in [0.25, 0.3) is 0 Å². The van der Waals surface area contributed by atoms with E-state index in [1.54, 1.807) is 17.0 Å². The van der Waals surface area contributed by atoms with Gasteiger partial charge in [-0.05, 0) is 81.5 Å². The molecule has 1 aliphatic heterocycles. The molecule has 1 aromatic rings. The minimum Gasteiger partial charge on any atom is -0.372 e. The molecule has 2 saturated carbocycles. The fourth-order valence-corrected chi connectivity index (χ4v) is 5.84. The van der Waals surface area contributed by atoms with Crippen LogP contribution in [0, 0.1) is 23.6 Å². The number of likely N-dealkylation sites (N-methyl/N-ethyl adjacent to an activating group) is 1. The van der Waals surface area contributed by atoms with Crippen LogP contribution in [0.1, 0.15) is 70.8 Å². The first kappa shape index (κ1) is 29.5. The number of amides is 3. The Morgan fingerprint density at radius 3 is 2.33 bits per heavy atom. The molecule has 0 radical (unpaired) electrons. The molecule has 39 heavy (non-hydrogen) atoms. The van der Waals surface area contributed by atoms with Crippen molar-refractivity contribution in [1.82, 2.24) is 15.1 Å². The normalized spacial score (nSPS) is 22.3. The van der Waals surface area contributed by atoms with Crippen molar-refractivity contribution < 1.29 is 23.5 Å². The third-order valence-electron chi connectivity index (χ3n) is 8.95. The van der Waals surface area contributed by atoms with Gasteiger partial charge in [0.2, 0.25) is 17.7 Å². The van der Waals surface area contributed by atoms with Crippen molar-refractivity contribution in [3.63, 3.8) is 0 Å². The first-order valence-corrected chi connectivity index (χ1v) is 14.5. The number of hydrogen-bond acceptors (Lipinski definition) is 5. The zero-order chi connectivity index (χ0) is 28.3. The van der Waals surface area contributed by atoms with Gasteiger partial charge in [0.25, 0.3) is 0 Å². The minimum absolute atomic E-state index is 0.145. The molecule has 4 rings (SSSR count). The highest BCUT2D eigenvalue weighted by Gasteiger charge is 2.42. The maximum absolute atomic E-state index is 15.2. The van der Waals surface area contributed by atoms with Gasteiger partial charge in [-0.15, -0.1) is 0 Å². The van der Waals surface area contributed by atoms with Crippen LogP contribution in [-0.4, -0.2) is 79.5 Å². The van der Waals surface area contributed by atoms with Crippen molar-refractivity contribution in [1.29, 1.82) is 0 Å². The maximum atomic E-state index is 15.2. The molecule has 2 aliphatic carbocycles. The fraction of sp³-hybridized carbons (Fsp3) is 0.700. The quantitative estimate of drug-likeness (QED) is 0.418. The minimum atomic E-state index is -0.880. The van der Waals surface area contributed by atoms with E-state index in [-0.39, 0.29) is 29.5 Å². The van der Waals surface area contributed by atoms with Gasteiger partial charge >= 0.3 is 0 Å². The number of nitrogens with one attached hydrogen (secondary N) is 2. The van der Waals surface area contributed by atoms with Crippen LogP contribution in [0.2, 0.25) is 0 Å².